The lowest BCUT2D eigenvalue weighted by atomic mass is 10.2. The molecule has 14 heavy (non-hydrogen) atoms. The third-order valence-electron chi connectivity index (χ3n) is 2.09. The molecule has 1 unspecified atom stereocenters. The Bertz CT molecular complexity index is 395. The number of sulfone groups is 1. The first-order chi connectivity index (χ1) is 6.43. The topological polar surface area (TPSA) is 60.2 Å². The molecule has 3 nitrogen and oxygen atoms in total. The first kappa shape index (κ1) is 11.7. The minimum atomic E-state index is -3.02. The van der Waals surface area contributed by atoms with Crippen LogP contribution in [0.15, 0.2) is 12.1 Å². The molecule has 0 saturated heterocycles. The predicted octanol–water partition coefficient (Wildman–Crippen LogP) is 0.971. The fraction of sp³-hybridized carbons (Fsp3) is 0.556. The minimum absolute atomic E-state index is 0.190. The van der Waals surface area contributed by atoms with E-state index in [1.165, 1.54) is 11.1 Å². The van der Waals surface area contributed by atoms with Gasteiger partial charge in [-0.05, 0) is 25.5 Å². The van der Waals surface area contributed by atoms with Gasteiger partial charge in [0.1, 0.15) is 0 Å². The second-order valence-electron chi connectivity index (χ2n) is 3.40. The molecule has 80 valence electrons. The zero-order valence-corrected chi connectivity index (χ0v) is 9.99. The van der Waals surface area contributed by atoms with Crippen molar-refractivity contribution in [1.29, 1.82) is 0 Å². The molecule has 0 saturated carbocycles. The van der Waals surface area contributed by atoms with Crippen LogP contribution in [-0.2, 0) is 16.3 Å². The highest BCUT2D eigenvalue weighted by atomic mass is 32.2. The average molecular weight is 233 g/mol. The molecule has 0 amide bonds. The van der Waals surface area contributed by atoms with Crippen molar-refractivity contribution in [3.63, 3.8) is 0 Å². The van der Waals surface area contributed by atoms with E-state index in [1.54, 1.807) is 11.3 Å². The van der Waals surface area contributed by atoms with E-state index in [9.17, 15) is 8.42 Å². The molecule has 0 radical (unpaired) electrons. The summed E-state index contributed by atoms with van der Waals surface area (Å²) in [5, 5.41) is -0.444. The lowest BCUT2D eigenvalue weighted by molar-refractivity contribution is 0.584. The largest absolute Gasteiger partial charge is 0.329 e. The Morgan fingerprint density at radius 3 is 2.50 bits per heavy atom. The van der Waals surface area contributed by atoms with Gasteiger partial charge in [0.25, 0.3) is 0 Å². The molecule has 0 aliphatic rings. The predicted molar refractivity (Wildman–Crippen MR) is 60.4 cm³/mol. The molecule has 1 atom stereocenters. The van der Waals surface area contributed by atoms with E-state index >= 15 is 0 Å². The van der Waals surface area contributed by atoms with Crippen molar-refractivity contribution >= 4 is 21.2 Å². The SMILES string of the molecule is Cc1ccc(CC(CN)S(C)(=O)=O)s1. The standard InChI is InChI=1S/C9H15NO2S2/c1-7-3-4-8(13-7)5-9(6-10)14(2,11)12/h3-4,9H,5-6,10H2,1-2H3. The molecule has 1 heterocycles. The normalized spacial score (nSPS) is 14.2. The Morgan fingerprint density at radius 2 is 2.14 bits per heavy atom. The summed E-state index contributed by atoms with van der Waals surface area (Å²) in [7, 11) is -3.02. The van der Waals surface area contributed by atoms with Crippen LogP contribution in [0, 0.1) is 6.92 Å². The molecule has 0 bridgehead atoms. The highest BCUT2D eigenvalue weighted by Crippen LogP contribution is 2.18. The van der Waals surface area contributed by atoms with Crippen LogP contribution in [0.25, 0.3) is 0 Å². The molecule has 0 fully saturated rings. The van der Waals surface area contributed by atoms with Crippen molar-refractivity contribution in [1.82, 2.24) is 0 Å². The third kappa shape index (κ3) is 3.08. The van der Waals surface area contributed by atoms with Gasteiger partial charge in [0, 0.05) is 22.6 Å². The van der Waals surface area contributed by atoms with Gasteiger partial charge in [0.15, 0.2) is 9.84 Å². The first-order valence-corrected chi connectivity index (χ1v) is 7.15. The van der Waals surface area contributed by atoms with Gasteiger partial charge >= 0.3 is 0 Å². The van der Waals surface area contributed by atoms with Crippen LogP contribution in [0.5, 0.6) is 0 Å². The van der Waals surface area contributed by atoms with Crippen molar-refractivity contribution in [2.45, 2.75) is 18.6 Å². The summed E-state index contributed by atoms with van der Waals surface area (Å²) in [6, 6.07) is 3.96. The first-order valence-electron chi connectivity index (χ1n) is 4.37. The molecule has 1 aromatic rings. The van der Waals surface area contributed by atoms with E-state index in [-0.39, 0.29) is 6.54 Å². The van der Waals surface area contributed by atoms with Crippen LogP contribution >= 0.6 is 11.3 Å². The van der Waals surface area contributed by atoms with Crippen molar-refractivity contribution in [2.24, 2.45) is 5.73 Å². The highest BCUT2D eigenvalue weighted by molar-refractivity contribution is 7.91. The van der Waals surface area contributed by atoms with Gasteiger partial charge in [-0.2, -0.15) is 0 Å². The summed E-state index contributed by atoms with van der Waals surface area (Å²) >= 11 is 1.63. The van der Waals surface area contributed by atoms with Crippen molar-refractivity contribution in [3.05, 3.63) is 21.9 Å². The van der Waals surface area contributed by atoms with Gasteiger partial charge < -0.3 is 5.73 Å². The van der Waals surface area contributed by atoms with Crippen LogP contribution in [0.4, 0.5) is 0 Å². The van der Waals surface area contributed by atoms with Gasteiger partial charge in [-0.3, -0.25) is 0 Å². The Labute approximate surface area is 88.9 Å². The molecule has 5 heteroatoms. The molecule has 0 spiro atoms. The van der Waals surface area contributed by atoms with Gasteiger partial charge in [0.2, 0.25) is 0 Å². The van der Waals surface area contributed by atoms with Gasteiger partial charge in [-0.25, -0.2) is 8.42 Å². The summed E-state index contributed by atoms with van der Waals surface area (Å²) in [5.41, 5.74) is 5.44. The average Bonchev–Trinajstić information content (AvgIpc) is 2.45. The lowest BCUT2D eigenvalue weighted by Gasteiger charge is -2.10. The number of aryl methyl sites for hydroxylation is 1. The number of thiophene rings is 1. The smallest absolute Gasteiger partial charge is 0.151 e. The fourth-order valence-corrected chi connectivity index (χ4v) is 3.14. The van der Waals surface area contributed by atoms with E-state index in [2.05, 4.69) is 0 Å². The monoisotopic (exact) mass is 233 g/mol. The maximum atomic E-state index is 11.3. The molecule has 0 aliphatic carbocycles. The van der Waals surface area contributed by atoms with Crippen LogP contribution in [0.1, 0.15) is 9.75 Å². The molecular weight excluding hydrogens is 218 g/mol. The maximum absolute atomic E-state index is 11.3. The van der Waals surface area contributed by atoms with Crippen LogP contribution < -0.4 is 5.73 Å². The highest BCUT2D eigenvalue weighted by Gasteiger charge is 2.19. The molecule has 0 aliphatic heterocycles. The zero-order chi connectivity index (χ0) is 10.8. The van der Waals surface area contributed by atoms with E-state index in [4.69, 9.17) is 5.73 Å². The number of hydrogen-bond donors (Lipinski definition) is 1. The van der Waals surface area contributed by atoms with Crippen LogP contribution in [0.2, 0.25) is 0 Å². The molecular formula is C9H15NO2S2. The van der Waals surface area contributed by atoms with E-state index in [1.807, 2.05) is 19.1 Å². The lowest BCUT2D eigenvalue weighted by Crippen LogP contribution is -2.30. The molecule has 1 aromatic heterocycles. The summed E-state index contributed by atoms with van der Waals surface area (Å²) in [4.78, 5) is 2.28. The van der Waals surface area contributed by atoms with Gasteiger partial charge in [0.05, 0.1) is 5.25 Å². The number of rotatable bonds is 4. The number of hydrogen-bond acceptors (Lipinski definition) is 4. The van der Waals surface area contributed by atoms with Crippen LogP contribution in [0.3, 0.4) is 0 Å². The van der Waals surface area contributed by atoms with E-state index in [0.717, 1.165) is 4.88 Å². The third-order valence-corrected chi connectivity index (χ3v) is 4.69. The quantitative estimate of drug-likeness (QED) is 0.843. The van der Waals surface area contributed by atoms with E-state index < -0.39 is 15.1 Å². The van der Waals surface area contributed by atoms with Crippen LogP contribution in [-0.4, -0.2) is 26.5 Å². The summed E-state index contributed by atoms with van der Waals surface area (Å²) in [6.07, 6.45) is 1.78. The van der Waals surface area contributed by atoms with Gasteiger partial charge in [-0.1, -0.05) is 0 Å². The second-order valence-corrected chi connectivity index (χ2v) is 7.10. The second kappa shape index (κ2) is 4.42. The van der Waals surface area contributed by atoms with E-state index in [0.29, 0.717) is 6.42 Å². The van der Waals surface area contributed by atoms with Crippen molar-refractivity contribution < 1.29 is 8.42 Å². The Hall–Kier alpha value is -0.390. The summed E-state index contributed by atoms with van der Waals surface area (Å²) < 4.78 is 22.6. The molecule has 0 aromatic carbocycles. The summed E-state index contributed by atoms with van der Waals surface area (Å²) in [6.45, 7) is 2.20. The minimum Gasteiger partial charge on any atom is -0.329 e. The maximum Gasteiger partial charge on any atom is 0.151 e. The zero-order valence-electron chi connectivity index (χ0n) is 8.36. The van der Waals surface area contributed by atoms with Crippen molar-refractivity contribution in [2.75, 3.05) is 12.8 Å². The molecule has 2 N–H and O–H groups in total. The Balaban J connectivity index is 2.76. The van der Waals surface area contributed by atoms with Crippen molar-refractivity contribution in [3.8, 4) is 0 Å². The fourth-order valence-electron chi connectivity index (χ4n) is 1.23. The Morgan fingerprint density at radius 1 is 1.50 bits per heavy atom. The van der Waals surface area contributed by atoms with Gasteiger partial charge in [-0.15, -0.1) is 11.3 Å². The molecule has 1 rings (SSSR count). The summed E-state index contributed by atoms with van der Waals surface area (Å²) in [5.74, 6) is 0. The Kier molecular flexibility index (Phi) is 3.69. The number of nitrogens with two attached hydrogens (primary N) is 1.